The van der Waals surface area contributed by atoms with E-state index in [4.69, 9.17) is 10.4 Å². The van der Waals surface area contributed by atoms with Gasteiger partial charge in [0.05, 0.1) is 0 Å². The molecule has 0 saturated carbocycles. The van der Waals surface area contributed by atoms with E-state index in [0.717, 1.165) is 11.1 Å². The molecule has 0 radical (unpaired) electrons. The first-order chi connectivity index (χ1) is 9.54. The molecule has 0 aliphatic heterocycles. The summed E-state index contributed by atoms with van der Waals surface area (Å²) in [6.07, 6.45) is 0. The number of allylic oxidation sites excluding steroid dienone is 1. The Bertz CT molecular complexity index is 718. The third kappa shape index (κ3) is 2.63. The van der Waals surface area contributed by atoms with Crippen molar-refractivity contribution in [2.45, 2.75) is 13.8 Å². The highest BCUT2D eigenvalue weighted by Crippen LogP contribution is 2.30. The molecule has 0 bridgehead atoms. The topological polar surface area (TPSA) is 61.1 Å². The molecule has 0 unspecified atom stereocenters. The Labute approximate surface area is 121 Å². The molecule has 20 heavy (non-hydrogen) atoms. The van der Waals surface area contributed by atoms with Crippen molar-refractivity contribution in [3.8, 4) is 16.5 Å². The molecule has 0 saturated heterocycles. The largest absolute Gasteiger partial charge is 0.477 e. The molecule has 2 aromatic rings. The standard InChI is InChI=1S/C16H13NO2S/c1-10-7-8-20-15(10)13-5-3-12(4-6-13)11(2)14(9-17)16(18)19/h3-8H,1-2H3,(H,18,19)/b14-11-. The number of rotatable bonds is 3. The van der Waals surface area contributed by atoms with Crippen LogP contribution in [-0.2, 0) is 4.79 Å². The zero-order valence-corrected chi connectivity index (χ0v) is 12.0. The Hall–Kier alpha value is -2.38. The van der Waals surface area contributed by atoms with Crippen LogP contribution in [0.5, 0.6) is 0 Å². The Morgan fingerprint density at radius 1 is 1.25 bits per heavy atom. The van der Waals surface area contributed by atoms with E-state index < -0.39 is 5.97 Å². The minimum absolute atomic E-state index is 0.218. The molecule has 1 aromatic heterocycles. The van der Waals surface area contributed by atoms with Gasteiger partial charge in [-0.15, -0.1) is 11.3 Å². The second kappa shape index (κ2) is 5.72. The van der Waals surface area contributed by atoms with Crippen LogP contribution in [0.15, 0.2) is 41.3 Å². The van der Waals surface area contributed by atoms with Gasteiger partial charge in [0.15, 0.2) is 0 Å². The fourth-order valence-electron chi connectivity index (χ4n) is 1.98. The molecule has 100 valence electrons. The first-order valence-corrected chi connectivity index (χ1v) is 6.91. The summed E-state index contributed by atoms with van der Waals surface area (Å²) in [4.78, 5) is 12.2. The lowest BCUT2D eigenvalue weighted by Crippen LogP contribution is -2.00. The van der Waals surface area contributed by atoms with Crippen molar-refractivity contribution in [2.75, 3.05) is 0 Å². The van der Waals surface area contributed by atoms with Gasteiger partial charge in [0.25, 0.3) is 0 Å². The van der Waals surface area contributed by atoms with Crippen LogP contribution in [0.4, 0.5) is 0 Å². The molecular weight excluding hydrogens is 270 g/mol. The van der Waals surface area contributed by atoms with Crippen LogP contribution in [0, 0.1) is 18.3 Å². The van der Waals surface area contributed by atoms with Gasteiger partial charge in [-0.05, 0) is 47.6 Å². The Morgan fingerprint density at radius 3 is 2.35 bits per heavy atom. The van der Waals surface area contributed by atoms with E-state index in [9.17, 15) is 4.79 Å². The molecule has 0 aliphatic carbocycles. The van der Waals surface area contributed by atoms with Crippen molar-refractivity contribution in [1.82, 2.24) is 0 Å². The lowest BCUT2D eigenvalue weighted by Gasteiger charge is -2.05. The number of carboxylic acids is 1. The smallest absolute Gasteiger partial charge is 0.346 e. The maximum atomic E-state index is 11.0. The highest BCUT2D eigenvalue weighted by atomic mass is 32.1. The number of aliphatic carboxylic acids is 1. The SMILES string of the molecule is C/C(=C(\C#N)C(=O)O)c1ccc(-c2sccc2C)cc1. The normalized spacial score (nSPS) is 11.7. The Morgan fingerprint density at radius 2 is 1.90 bits per heavy atom. The number of nitriles is 1. The number of aryl methyl sites for hydroxylation is 1. The highest BCUT2D eigenvalue weighted by molar-refractivity contribution is 7.13. The summed E-state index contributed by atoms with van der Waals surface area (Å²) < 4.78 is 0. The molecule has 1 N–H and O–H groups in total. The van der Waals surface area contributed by atoms with E-state index in [0.29, 0.717) is 5.57 Å². The summed E-state index contributed by atoms with van der Waals surface area (Å²) in [7, 11) is 0. The van der Waals surface area contributed by atoms with Crippen molar-refractivity contribution < 1.29 is 9.90 Å². The number of carbonyl (C=O) groups is 1. The van der Waals surface area contributed by atoms with Crippen LogP contribution in [0.2, 0.25) is 0 Å². The van der Waals surface area contributed by atoms with Crippen LogP contribution < -0.4 is 0 Å². The zero-order valence-electron chi connectivity index (χ0n) is 11.2. The number of hydrogen-bond acceptors (Lipinski definition) is 3. The predicted molar refractivity (Wildman–Crippen MR) is 80.3 cm³/mol. The fraction of sp³-hybridized carbons (Fsp3) is 0.125. The van der Waals surface area contributed by atoms with Crippen LogP contribution in [0.1, 0.15) is 18.1 Å². The summed E-state index contributed by atoms with van der Waals surface area (Å²) in [5, 5.41) is 19.9. The third-order valence-electron chi connectivity index (χ3n) is 3.14. The van der Waals surface area contributed by atoms with Gasteiger partial charge in [0, 0.05) is 4.88 Å². The van der Waals surface area contributed by atoms with E-state index in [1.807, 2.05) is 29.6 Å². The maximum Gasteiger partial charge on any atom is 0.346 e. The first kappa shape index (κ1) is 14.0. The van der Waals surface area contributed by atoms with Crippen molar-refractivity contribution >= 4 is 22.9 Å². The van der Waals surface area contributed by atoms with Gasteiger partial charge in [-0.25, -0.2) is 4.79 Å². The van der Waals surface area contributed by atoms with Crippen LogP contribution in [0.3, 0.4) is 0 Å². The molecule has 4 heteroatoms. The van der Waals surface area contributed by atoms with Crippen molar-refractivity contribution in [2.24, 2.45) is 0 Å². The zero-order chi connectivity index (χ0) is 14.7. The monoisotopic (exact) mass is 283 g/mol. The fourth-order valence-corrected chi connectivity index (χ4v) is 2.91. The number of nitrogens with zero attached hydrogens (tertiary/aromatic N) is 1. The summed E-state index contributed by atoms with van der Waals surface area (Å²) in [5.41, 5.74) is 3.34. The number of thiophene rings is 1. The van der Waals surface area contributed by atoms with Crippen LogP contribution >= 0.6 is 11.3 Å². The molecule has 2 rings (SSSR count). The van der Waals surface area contributed by atoms with Crippen molar-refractivity contribution in [3.05, 3.63) is 52.4 Å². The predicted octanol–water partition coefficient (Wildman–Crippen LogP) is 4.11. The minimum atomic E-state index is -1.19. The van der Waals surface area contributed by atoms with E-state index >= 15 is 0 Å². The highest BCUT2D eigenvalue weighted by Gasteiger charge is 2.12. The average Bonchev–Trinajstić information content (AvgIpc) is 2.85. The summed E-state index contributed by atoms with van der Waals surface area (Å²) >= 11 is 1.67. The molecule has 0 aliphatic rings. The minimum Gasteiger partial charge on any atom is -0.477 e. The van der Waals surface area contributed by atoms with E-state index in [1.54, 1.807) is 24.3 Å². The summed E-state index contributed by atoms with van der Waals surface area (Å²) in [6, 6.07) is 11.4. The Balaban J connectivity index is 2.42. The molecule has 0 fully saturated rings. The van der Waals surface area contributed by atoms with Crippen molar-refractivity contribution in [3.63, 3.8) is 0 Å². The summed E-state index contributed by atoms with van der Waals surface area (Å²) in [5.74, 6) is -1.19. The molecule has 0 spiro atoms. The van der Waals surface area contributed by atoms with E-state index in [2.05, 4.69) is 13.0 Å². The van der Waals surface area contributed by atoms with Gasteiger partial charge in [0.2, 0.25) is 0 Å². The lowest BCUT2D eigenvalue weighted by atomic mass is 10.00. The molecule has 0 atom stereocenters. The second-order valence-electron chi connectivity index (χ2n) is 4.43. The lowest BCUT2D eigenvalue weighted by molar-refractivity contribution is -0.132. The second-order valence-corrected chi connectivity index (χ2v) is 5.34. The molecular formula is C16H13NO2S. The van der Waals surface area contributed by atoms with Crippen molar-refractivity contribution in [1.29, 1.82) is 5.26 Å². The molecule has 0 amide bonds. The van der Waals surface area contributed by atoms with Crippen LogP contribution in [0.25, 0.3) is 16.0 Å². The van der Waals surface area contributed by atoms with Gasteiger partial charge in [-0.3, -0.25) is 0 Å². The van der Waals surface area contributed by atoms with Gasteiger partial charge in [-0.1, -0.05) is 24.3 Å². The van der Waals surface area contributed by atoms with Gasteiger partial charge >= 0.3 is 5.97 Å². The van der Waals surface area contributed by atoms with Crippen LogP contribution in [-0.4, -0.2) is 11.1 Å². The molecule has 1 aromatic carbocycles. The van der Waals surface area contributed by atoms with E-state index in [1.165, 1.54) is 10.4 Å². The first-order valence-electron chi connectivity index (χ1n) is 6.03. The average molecular weight is 283 g/mol. The maximum absolute atomic E-state index is 11.0. The molecule has 1 heterocycles. The van der Waals surface area contributed by atoms with E-state index in [-0.39, 0.29) is 5.57 Å². The molecule has 3 nitrogen and oxygen atoms in total. The number of carboxylic acid groups (broad SMARTS) is 1. The Kier molecular flexibility index (Phi) is 4.02. The van der Waals surface area contributed by atoms with Gasteiger partial charge in [0.1, 0.15) is 11.6 Å². The summed E-state index contributed by atoms with van der Waals surface area (Å²) in [6.45, 7) is 3.71. The number of hydrogen-bond donors (Lipinski definition) is 1. The third-order valence-corrected chi connectivity index (χ3v) is 4.21. The quantitative estimate of drug-likeness (QED) is 0.681. The van der Waals surface area contributed by atoms with Gasteiger partial charge < -0.3 is 5.11 Å². The van der Waals surface area contributed by atoms with Gasteiger partial charge in [-0.2, -0.15) is 5.26 Å². The number of benzene rings is 1.